The van der Waals surface area contributed by atoms with Crippen molar-refractivity contribution in [3.8, 4) is 0 Å². The van der Waals surface area contributed by atoms with Crippen LogP contribution in [0.2, 0.25) is 0 Å². The van der Waals surface area contributed by atoms with Crippen LogP contribution in [-0.4, -0.2) is 17.4 Å². The van der Waals surface area contributed by atoms with Crippen LogP contribution in [0.25, 0.3) is 0 Å². The van der Waals surface area contributed by atoms with Crippen LogP contribution in [0, 0.1) is 0 Å². The third-order valence-corrected chi connectivity index (χ3v) is 4.05. The van der Waals surface area contributed by atoms with Crippen LogP contribution in [-0.2, 0) is 11.8 Å². The third-order valence-electron chi connectivity index (χ3n) is 3.11. The smallest absolute Gasteiger partial charge is 0.251 e. The molecule has 0 fully saturated rings. The molecule has 0 saturated heterocycles. The fraction of sp³-hybridized carbons (Fsp3) is 0.375. The molecule has 0 aliphatic carbocycles. The van der Waals surface area contributed by atoms with Crippen molar-refractivity contribution in [1.29, 1.82) is 0 Å². The maximum atomic E-state index is 12.2. The van der Waals surface area contributed by atoms with E-state index in [9.17, 15) is 4.79 Å². The summed E-state index contributed by atoms with van der Waals surface area (Å²) in [5.74, 6) is 0.275. The Bertz CT molecular complexity index is 615. The Morgan fingerprint density at radius 2 is 2.14 bits per heavy atom. The van der Waals surface area contributed by atoms with Gasteiger partial charge in [-0.2, -0.15) is 0 Å². The third kappa shape index (κ3) is 4.29. The molecule has 0 saturated carbocycles. The number of hydrogen-bond donors (Lipinski definition) is 2. The van der Waals surface area contributed by atoms with Crippen LogP contribution < -0.4 is 11.1 Å². The zero-order chi connectivity index (χ0) is 15.5. The van der Waals surface area contributed by atoms with Gasteiger partial charge in [0.15, 0.2) is 0 Å². The number of carbonyl (C=O) groups is 1. The number of anilines is 1. The highest BCUT2D eigenvalue weighted by Gasteiger charge is 2.18. The molecule has 0 aliphatic rings. The van der Waals surface area contributed by atoms with E-state index in [2.05, 4.69) is 16.4 Å². The van der Waals surface area contributed by atoms with E-state index in [4.69, 9.17) is 5.73 Å². The molecule has 2 aromatic heterocycles. The van der Waals surface area contributed by atoms with Gasteiger partial charge in [0, 0.05) is 28.1 Å². The molecular formula is C16H21N3OS. The number of nitrogen functional groups attached to an aromatic ring is 1. The SMILES string of the molecule is CC(C)(C)c1cc(C(=O)NCCc2cccs2)cc(N)n1. The number of pyridine rings is 1. The summed E-state index contributed by atoms with van der Waals surface area (Å²) in [7, 11) is 0. The van der Waals surface area contributed by atoms with Gasteiger partial charge in [-0.05, 0) is 30.0 Å². The van der Waals surface area contributed by atoms with Gasteiger partial charge >= 0.3 is 0 Å². The maximum Gasteiger partial charge on any atom is 0.251 e. The summed E-state index contributed by atoms with van der Waals surface area (Å²) in [6, 6.07) is 7.52. The first-order valence-corrected chi connectivity index (χ1v) is 7.83. The lowest BCUT2D eigenvalue weighted by Crippen LogP contribution is -2.26. The molecule has 4 nitrogen and oxygen atoms in total. The molecule has 3 N–H and O–H groups in total. The number of aromatic nitrogens is 1. The van der Waals surface area contributed by atoms with Crippen LogP contribution in [0.5, 0.6) is 0 Å². The van der Waals surface area contributed by atoms with Gasteiger partial charge in [0.1, 0.15) is 5.82 Å². The molecule has 2 heterocycles. The zero-order valence-corrected chi connectivity index (χ0v) is 13.5. The Labute approximate surface area is 129 Å². The van der Waals surface area contributed by atoms with E-state index in [1.165, 1.54) is 4.88 Å². The van der Waals surface area contributed by atoms with Gasteiger partial charge in [-0.25, -0.2) is 4.98 Å². The number of carbonyl (C=O) groups excluding carboxylic acids is 1. The van der Waals surface area contributed by atoms with Crippen LogP contribution in [0.1, 0.15) is 41.7 Å². The van der Waals surface area contributed by atoms with Crippen molar-refractivity contribution in [2.75, 3.05) is 12.3 Å². The van der Waals surface area contributed by atoms with Gasteiger partial charge in [-0.15, -0.1) is 11.3 Å². The Balaban J connectivity index is 2.03. The van der Waals surface area contributed by atoms with Gasteiger partial charge in [-0.3, -0.25) is 4.79 Å². The Hall–Kier alpha value is -1.88. The zero-order valence-electron chi connectivity index (χ0n) is 12.6. The van der Waals surface area contributed by atoms with Crippen molar-refractivity contribution in [1.82, 2.24) is 10.3 Å². The van der Waals surface area contributed by atoms with Crippen LogP contribution >= 0.6 is 11.3 Å². The van der Waals surface area contributed by atoms with Crippen molar-refractivity contribution in [3.63, 3.8) is 0 Å². The van der Waals surface area contributed by atoms with E-state index in [0.717, 1.165) is 12.1 Å². The molecule has 2 aromatic rings. The number of nitrogens with one attached hydrogen (secondary N) is 1. The van der Waals surface area contributed by atoms with E-state index < -0.39 is 0 Å². The molecule has 2 rings (SSSR count). The first-order valence-electron chi connectivity index (χ1n) is 6.95. The lowest BCUT2D eigenvalue weighted by Gasteiger charge is -2.19. The van der Waals surface area contributed by atoms with Crippen molar-refractivity contribution in [2.24, 2.45) is 0 Å². The maximum absolute atomic E-state index is 12.2. The predicted molar refractivity (Wildman–Crippen MR) is 87.7 cm³/mol. The molecule has 0 bridgehead atoms. The molecule has 1 amide bonds. The summed E-state index contributed by atoms with van der Waals surface area (Å²) in [6.07, 6.45) is 0.843. The quantitative estimate of drug-likeness (QED) is 0.912. The van der Waals surface area contributed by atoms with Crippen LogP contribution in [0.4, 0.5) is 5.82 Å². The first kappa shape index (κ1) is 15.5. The minimum Gasteiger partial charge on any atom is -0.384 e. The van der Waals surface area contributed by atoms with E-state index >= 15 is 0 Å². The Kier molecular flexibility index (Phi) is 4.63. The Morgan fingerprint density at radius 1 is 1.38 bits per heavy atom. The fourth-order valence-electron chi connectivity index (χ4n) is 1.92. The average molecular weight is 303 g/mol. The van der Waals surface area contributed by atoms with E-state index in [-0.39, 0.29) is 11.3 Å². The topological polar surface area (TPSA) is 68.0 Å². The Morgan fingerprint density at radius 3 is 2.76 bits per heavy atom. The molecule has 0 atom stereocenters. The van der Waals surface area contributed by atoms with Gasteiger partial charge in [0.2, 0.25) is 0 Å². The lowest BCUT2D eigenvalue weighted by molar-refractivity contribution is 0.0954. The van der Waals surface area contributed by atoms with Gasteiger partial charge in [-0.1, -0.05) is 26.8 Å². The minimum absolute atomic E-state index is 0.105. The number of nitrogens with two attached hydrogens (primary N) is 1. The number of thiophene rings is 1. The second-order valence-corrected chi connectivity index (χ2v) is 7.03. The highest BCUT2D eigenvalue weighted by molar-refractivity contribution is 7.09. The first-order chi connectivity index (χ1) is 9.86. The van der Waals surface area contributed by atoms with Crippen molar-refractivity contribution in [2.45, 2.75) is 32.6 Å². The van der Waals surface area contributed by atoms with E-state index in [1.807, 2.05) is 38.3 Å². The summed E-state index contributed by atoms with van der Waals surface area (Å²) in [4.78, 5) is 17.8. The number of hydrogen-bond acceptors (Lipinski definition) is 4. The molecule has 0 aliphatic heterocycles. The monoisotopic (exact) mass is 303 g/mol. The molecule has 5 heteroatoms. The summed E-state index contributed by atoms with van der Waals surface area (Å²) >= 11 is 1.70. The van der Waals surface area contributed by atoms with E-state index in [0.29, 0.717) is 17.9 Å². The highest BCUT2D eigenvalue weighted by Crippen LogP contribution is 2.22. The summed E-state index contributed by atoms with van der Waals surface area (Å²) < 4.78 is 0. The molecule has 21 heavy (non-hydrogen) atoms. The van der Waals surface area contributed by atoms with Gasteiger partial charge in [0.05, 0.1) is 0 Å². The standard InChI is InChI=1S/C16H21N3OS/c1-16(2,3)13-9-11(10-14(17)19-13)15(20)18-7-6-12-5-4-8-21-12/h4-5,8-10H,6-7H2,1-3H3,(H2,17,19)(H,18,20). The number of nitrogens with zero attached hydrogens (tertiary/aromatic N) is 1. The van der Waals surface area contributed by atoms with Crippen molar-refractivity contribution in [3.05, 3.63) is 45.8 Å². The normalized spacial score (nSPS) is 11.4. The van der Waals surface area contributed by atoms with Crippen molar-refractivity contribution < 1.29 is 4.79 Å². The van der Waals surface area contributed by atoms with E-state index in [1.54, 1.807) is 17.4 Å². The minimum atomic E-state index is -0.138. The average Bonchev–Trinajstić information content (AvgIpc) is 2.90. The molecule has 0 spiro atoms. The van der Waals surface area contributed by atoms with Crippen LogP contribution in [0.15, 0.2) is 29.6 Å². The fourth-order valence-corrected chi connectivity index (χ4v) is 2.63. The summed E-state index contributed by atoms with van der Waals surface area (Å²) in [5.41, 5.74) is 7.07. The number of rotatable bonds is 4. The predicted octanol–water partition coefficient (Wildman–Crippen LogP) is 3.00. The highest BCUT2D eigenvalue weighted by atomic mass is 32.1. The summed E-state index contributed by atoms with van der Waals surface area (Å²) in [6.45, 7) is 6.76. The second kappa shape index (κ2) is 6.26. The van der Waals surface area contributed by atoms with Crippen LogP contribution in [0.3, 0.4) is 0 Å². The summed E-state index contributed by atoms with van der Waals surface area (Å²) in [5, 5.41) is 4.97. The van der Waals surface area contributed by atoms with Crippen molar-refractivity contribution >= 4 is 23.1 Å². The lowest BCUT2D eigenvalue weighted by atomic mass is 9.90. The largest absolute Gasteiger partial charge is 0.384 e. The molecule has 0 radical (unpaired) electrons. The second-order valence-electron chi connectivity index (χ2n) is 6.00. The van der Waals surface area contributed by atoms with Gasteiger partial charge < -0.3 is 11.1 Å². The molecule has 0 aromatic carbocycles. The van der Waals surface area contributed by atoms with Gasteiger partial charge in [0.25, 0.3) is 5.91 Å². The molecule has 0 unspecified atom stereocenters. The molecular weight excluding hydrogens is 282 g/mol. The number of amides is 1. The molecule has 112 valence electrons.